The second kappa shape index (κ2) is 5.61. The molecule has 1 aliphatic rings. The number of aromatic hydroxyl groups is 1. The van der Waals surface area contributed by atoms with E-state index in [0.717, 1.165) is 12.1 Å². The van der Waals surface area contributed by atoms with E-state index >= 15 is 0 Å². The molecule has 1 aromatic carbocycles. The predicted molar refractivity (Wildman–Crippen MR) is 72.9 cm³/mol. The molecule has 0 saturated heterocycles. The molecule has 0 radical (unpaired) electrons. The molecule has 1 fully saturated rings. The Morgan fingerprint density at radius 2 is 2.17 bits per heavy atom. The van der Waals surface area contributed by atoms with Crippen LogP contribution >= 0.6 is 0 Å². The fraction of sp³-hybridized carbons (Fsp3) is 0.600. The van der Waals surface area contributed by atoms with E-state index in [1.54, 1.807) is 13.2 Å². The third-order valence-corrected chi connectivity index (χ3v) is 4.28. The molecular formula is C15H23NO2. The van der Waals surface area contributed by atoms with Crippen molar-refractivity contribution in [2.75, 3.05) is 13.7 Å². The van der Waals surface area contributed by atoms with E-state index in [0.29, 0.717) is 17.7 Å². The van der Waals surface area contributed by atoms with E-state index in [-0.39, 0.29) is 5.75 Å². The van der Waals surface area contributed by atoms with Gasteiger partial charge in [0.05, 0.1) is 7.11 Å². The van der Waals surface area contributed by atoms with Gasteiger partial charge in [-0.15, -0.1) is 0 Å². The SMILES string of the molecule is CCC1(CNCc2cccc(OC)c2O)CCC1. The second-order valence-electron chi connectivity index (χ2n) is 5.28. The highest BCUT2D eigenvalue weighted by atomic mass is 16.5. The monoisotopic (exact) mass is 249 g/mol. The second-order valence-corrected chi connectivity index (χ2v) is 5.28. The van der Waals surface area contributed by atoms with Crippen LogP contribution in [0, 0.1) is 5.41 Å². The average Bonchev–Trinajstić information content (AvgIpc) is 2.34. The molecule has 0 atom stereocenters. The summed E-state index contributed by atoms with van der Waals surface area (Å²) in [6.45, 7) is 4.01. The number of phenols is 1. The lowest BCUT2D eigenvalue weighted by Gasteiger charge is -2.41. The van der Waals surface area contributed by atoms with Gasteiger partial charge in [-0.25, -0.2) is 0 Å². The normalized spacial score (nSPS) is 17.2. The van der Waals surface area contributed by atoms with Gasteiger partial charge in [0.1, 0.15) is 0 Å². The van der Waals surface area contributed by atoms with Crippen LogP contribution in [0.4, 0.5) is 0 Å². The van der Waals surface area contributed by atoms with Gasteiger partial charge in [-0.2, -0.15) is 0 Å². The van der Waals surface area contributed by atoms with E-state index in [4.69, 9.17) is 4.74 Å². The molecule has 0 amide bonds. The molecule has 0 spiro atoms. The Kier molecular flexibility index (Phi) is 4.12. The summed E-state index contributed by atoms with van der Waals surface area (Å²) in [5, 5.41) is 13.5. The summed E-state index contributed by atoms with van der Waals surface area (Å²) in [4.78, 5) is 0. The Morgan fingerprint density at radius 1 is 1.39 bits per heavy atom. The molecule has 1 saturated carbocycles. The van der Waals surface area contributed by atoms with Crippen molar-refractivity contribution >= 4 is 0 Å². The van der Waals surface area contributed by atoms with Gasteiger partial charge in [0, 0.05) is 18.7 Å². The topological polar surface area (TPSA) is 41.5 Å². The summed E-state index contributed by atoms with van der Waals surface area (Å²) in [6.07, 6.45) is 5.27. The number of rotatable bonds is 6. The first-order valence-electron chi connectivity index (χ1n) is 6.76. The predicted octanol–water partition coefficient (Wildman–Crippen LogP) is 3.07. The Hall–Kier alpha value is -1.22. The number of ether oxygens (including phenoxy) is 1. The molecule has 100 valence electrons. The largest absolute Gasteiger partial charge is 0.504 e. The van der Waals surface area contributed by atoms with Crippen LogP contribution in [0.25, 0.3) is 0 Å². The van der Waals surface area contributed by atoms with Gasteiger partial charge in [-0.1, -0.05) is 25.5 Å². The zero-order valence-electron chi connectivity index (χ0n) is 11.3. The molecule has 3 heteroatoms. The van der Waals surface area contributed by atoms with Gasteiger partial charge < -0.3 is 15.2 Å². The van der Waals surface area contributed by atoms with E-state index < -0.39 is 0 Å². The number of hydrogen-bond acceptors (Lipinski definition) is 3. The average molecular weight is 249 g/mol. The molecule has 1 aromatic rings. The van der Waals surface area contributed by atoms with Crippen molar-refractivity contribution in [1.82, 2.24) is 5.32 Å². The standard InChI is InChI=1S/C15H23NO2/c1-3-15(8-5-9-15)11-16-10-12-6-4-7-13(18-2)14(12)17/h4,6-7,16-17H,3,5,8-11H2,1-2H3. The van der Waals surface area contributed by atoms with E-state index in [1.807, 2.05) is 12.1 Å². The summed E-state index contributed by atoms with van der Waals surface area (Å²) < 4.78 is 5.11. The molecule has 1 aliphatic carbocycles. The number of para-hydroxylation sites is 1. The molecule has 0 unspecified atom stereocenters. The molecule has 0 heterocycles. The van der Waals surface area contributed by atoms with Crippen molar-refractivity contribution < 1.29 is 9.84 Å². The molecule has 0 bridgehead atoms. The first kappa shape index (κ1) is 13.2. The highest BCUT2D eigenvalue weighted by Gasteiger charge is 2.34. The van der Waals surface area contributed by atoms with Crippen LogP contribution in [-0.2, 0) is 6.54 Å². The van der Waals surface area contributed by atoms with Gasteiger partial charge in [-0.05, 0) is 30.7 Å². The van der Waals surface area contributed by atoms with Crippen LogP contribution in [-0.4, -0.2) is 18.8 Å². The fourth-order valence-electron chi connectivity index (χ4n) is 2.67. The van der Waals surface area contributed by atoms with Gasteiger partial charge >= 0.3 is 0 Å². The van der Waals surface area contributed by atoms with Crippen molar-refractivity contribution in [1.29, 1.82) is 0 Å². The van der Waals surface area contributed by atoms with E-state index in [1.165, 1.54) is 25.7 Å². The van der Waals surface area contributed by atoms with E-state index in [9.17, 15) is 5.11 Å². The summed E-state index contributed by atoms with van der Waals surface area (Å²) in [5.41, 5.74) is 1.41. The fourth-order valence-corrected chi connectivity index (χ4v) is 2.67. The van der Waals surface area contributed by atoms with Crippen molar-refractivity contribution in [3.8, 4) is 11.5 Å². The molecular weight excluding hydrogens is 226 g/mol. The lowest BCUT2D eigenvalue weighted by atomic mass is 9.67. The molecule has 2 rings (SSSR count). The smallest absolute Gasteiger partial charge is 0.162 e. The molecule has 2 N–H and O–H groups in total. The zero-order valence-corrected chi connectivity index (χ0v) is 11.3. The van der Waals surface area contributed by atoms with Crippen LogP contribution in [0.5, 0.6) is 11.5 Å². The van der Waals surface area contributed by atoms with E-state index in [2.05, 4.69) is 12.2 Å². The van der Waals surface area contributed by atoms with Gasteiger partial charge in [0.15, 0.2) is 11.5 Å². The maximum atomic E-state index is 9.98. The first-order valence-corrected chi connectivity index (χ1v) is 6.76. The summed E-state index contributed by atoms with van der Waals surface area (Å²) >= 11 is 0. The summed E-state index contributed by atoms with van der Waals surface area (Å²) in [7, 11) is 1.58. The van der Waals surface area contributed by atoms with Gasteiger partial charge in [0.25, 0.3) is 0 Å². The van der Waals surface area contributed by atoms with Crippen molar-refractivity contribution in [3.05, 3.63) is 23.8 Å². The quantitative estimate of drug-likeness (QED) is 0.814. The Balaban J connectivity index is 1.90. The third kappa shape index (κ3) is 2.61. The maximum absolute atomic E-state index is 9.98. The Bertz CT molecular complexity index is 394. The Labute approximate surface area is 109 Å². The van der Waals surface area contributed by atoms with Crippen molar-refractivity contribution in [3.63, 3.8) is 0 Å². The number of nitrogens with one attached hydrogen (secondary N) is 1. The van der Waals surface area contributed by atoms with Crippen LogP contribution in [0.1, 0.15) is 38.2 Å². The molecule has 3 nitrogen and oxygen atoms in total. The highest BCUT2D eigenvalue weighted by Crippen LogP contribution is 2.43. The van der Waals surface area contributed by atoms with Crippen LogP contribution < -0.4 is 10.1 Å². The third-order valence-electron chi connectivity index (χ3n) is 4.28. The lowest BCUT2D eigenvalue weighted by molar-refractivity contribution is 0.123. The van der Waals surface area contributed by atoms with Gasteiger partial charge in [0.2, 0.25) is 0 Å². The highest BCUT2D eigenvalue weighted by molar-refractivity contribution is 5.45. The number of hydrogen-bond donors (Lipinski definition) is 2. The zero-order chi connectivity index (χ0) is 13.0. The number of benzene rings is 1. The minimum absolute atomic E-state index is 0.256. The summed E-state index contributed by atoms with van der Waals surface area (Å²) in [5.74, 6) is 0.801. The van der Waals surface area contributed by atoms with Crippen molar-refractivity contribution in [2.45, 2.75) is 39.2 Å². The minimum atomic E-state index is 0.256. The van der Waals surface area contributed by atoms with Crippen molar-refractivity contribution in [2.24, 2.45) is 5.41 Å². The van der Waals surface area contributed by atoms with Gasteiger partial charge in [-0.3, -0.25) is 0 Å². The minimum Gasteiger partial charge on any atom is -0.504 e. The van der Waals surface area contributed by atoms with Crippen LogP contribution in [0.2, 0.25) is 0 Å². The molecule has 18 heavy (non-hydrogen) atoms. The van der Waals surface area contributed by atoms with Crippen LogP contribution in [0.15, 0.2) is 18.2 Å². The molecule has 0 aromatic heterocycles. The Morgan fingerprint density at radius 3 is 2.72 bits per heavy atom. The number of methoxy groups -OCH3 is 1. The summed E-state index contributed by atoms with van der Waals surface area (Å²) in [6, 6.07) is 5.62. The first-order chi connectivity index (χ1) is 8.71. The number of phenolic OH excluding ortho intramolecular Hbond substituents is 1. The lowest BCUT2D eigenvalue weighted by Crippen LogP contribution is -2.39. The maximum Gasteiger partial charge on any atom is 0.162 e. The molecule has 0 aliphatic heterocycles. The van der Waals surface area contributed by atoms with Crippen LogP contribution in [0.3, 0.4) is 0 Å².